The zero-order valence-electron chi connectivity index (χ0n) is 22.3. The summed E-state index contributed by atoms with van der Waals surface area (Å²) in [6, 6.07) is 23.9. The average molecular weight is 548 g/mol. The molecule has 0 fully saturated rings. The van der Waals surface area contributed by atoms with Gasteiger partial charge in [-0.2, -0.15) is 0 Å². The minimum Gasteiger partial charge on any atom is -0.350 e. The van der Waals surface area contributed by atoms with Crippen LogP contribution in [0.3, 0.4) is 0 Å². The Morgan fingerprint density at radius 2 is 1.44 bits per heavy atom. The third kappa shape index (κ3) is 6.54. The van der Waals surface area contributed by atoms with E-state index in [1.54, 1.807) is 12.1 Å². The molecule has 0 unspecified atom stereocenters. The highest BCUT2D eigenvalue weighted by atomic mass is 32.2. The topological polar surface area (TPSA) is 104 Å². The summed E-state index contributed by atoms with van der Waals surface area (Å²) in [6.07, 6.45) is 0.00753. The first-order valence-electron chi connectivity index (χ1n) is 12.8. The van der Waals surface area contributed by atoms with Crippen molar-refractivity contribution < 1.29 is 22.8 Å². The molecule has 0 radical (unpaired) electrons. The van der Waals surface area contributed by atoms with Crippen LogP contribution in [0.1, 0.15) is 48.7 Å². The van der Waals surface area contributed by atoms with Crippen molar-refractivity contribution in [3.05, 3.63) is 102 Å². The lowest BCUT2D eigenvalue weighted by molar-refractivity contribution is -0.142. The van der Waals surface area contributed by atoms with Gasteiger partial charge in [0.15, 0.2) is 0 Å². The second-order valence-corrected chi connectivity index (χ2v) is 12.4. The fourth-order valence-electron chi connectivity index (χ4n) is 4.58. The molecule has 1 aliphatic heterocycles. The monoisotopic (exact) mass is 547 g/mol. The van der Waals surface area contributed by atoms with Crippen LogP contribution >= 0.6 is 0 Å². The van der Waals surface area contributed by atoms with Crippen LogP contribution in [-0.4, -0.2) is 53.5 Å². The van der Waals surface area contributed by atoms with E-state index in [0.29, 0.717) is 0 Å². The molecule has 0 bridgehead atoms. The number of carbonyl (C=O) groups excluding carboxylic acids is 3. The van der Waals surface area contributed by atoms with Gasteiger partial charge in [-0.1, -0.05) is 72.8 Å². The number of nitrogens with zero attached hydrogens (tertiary/aromatic N) is 2. The predicted octanol–water partition coefficient (Wildman–Crippen LogP) is 3.78. The van der Waals surface area contributed by atoms with E-state index in [9.17, 15) is 22.8 Å². The summed E-state index contributed by atoms with van der Waals surface area (Å²) in [7, 11) is -4.05. The van der Waals surface area contributed by atoms with Crippen molar-refractivity contribution in [2.75, 3.05) is 6.54 Å². The molecule has 3 aromatic carbocycles. The van der Waals surface area contributed by atoms with Crippen molar-refractivity contribution in [3.63, 3.8) is 0 Å². The van der Waals surface area contributed by atoms with Crippen molar-refractivity contribution in [2.45, 2.75) is 56.6 Å². The van der Waals surface area contributed by atoms with Crippen LogP contribution in [0, 0.1) is 0 Å². The summed E-state index contributed by atoms with van der Waals surface area (Å²) in [6.45, 7) is 5.44. The number of carbonyl (C=O) groups is 3. The first kappa shape index (κ1) is 28.0. The summed E-state index contributed by atoms with van der Waals surface area (Å²) in [4.78, 5) is 41.7. The van der Waals surface area contributed by atoms with E-state index in [2.05, 4.69) is 5.32 Å². The first-order chi connectivity index (χ1) is 18.5. The predicted molar refractivity (Wildman–Crippen MR) is 148 cm³/mol. The summed E-state index contributed by atoms with van der Waals surface area (Å²) < 4.78 is 26.8. The molecular weight excluding hydrogens is 514 g/mol. The summed E-state index contributed by atoms with van der Waals surface area (Å²) in [5, 5.41) is 3.00. The molecule has 0 aromatic heterocycles. The maximum Gasteiger partial charge on any atom is 0.269 e. The second kappa shape index (κ2) is 11.4. The van der Waals surface area contributed by atoms with Crippen molar-refractivity contribution in [3.8, 4) is 0 Å². The molecule has 0 spiro atoms. The SMILES string of the molecule is CC(C)(C)NC(=O)[C@@H](Cc1ccccc1)N(Cc1ccccc1)C(=O)CCN1C(=O)c2ccccc2S1(=O)=O. The van der Waals surface area contributed by atoms with Crippen LogP contribution in [0.2, 0.25) is 0 Å². The third-order valence-electron chi connectivity index (χ3n) is 6.41. The van der Waals surface area contributed by atoms with Gasteiger partial charge in [-0.15, -0.1) is 0 Å². The van der Waals surface area contributed by atoms with E-state index in [1.807, 2.05) is 81.4 Å². The Morgan fingerprint density at radius 1 is 0.872 bits per heavy atom. The Balaban J connectivity index is 1.63. The largest absolute Gasteiger partial charge is 0.350 e. The lowest BCUT2D eigenvalue weighted by atomic mass is 10.0. The molecule has 0 saturated carbocycles. The van der Waals surface area contributed by atoms with Gasteiger partial charge in [-0.25, -0.2) is 12.7 Å². The van der Waals surface area contributed by atoms with Gasteiger partial charge in [0, 0.05) is 31.5 Å². The lowest BCUT2D eigenvalue weighted by Gasteiger charge is -2.34. The molecule has 0 aliphatic carbocycles. The van der Waals surface area contributed by atoms with Crippen LogP contribution in [0.15, 0.2) is 89.8 Å². The minimum atomic E-state index is -4.05. The zero-order valence-corrected chi connectivity index (χ0v) is 23.1. The van der Waals surface area contributed by atoms with Gasteiger partial charge in [0.25, 0.3) is 15.9 Å². The number of benzene rings is 3. The van der Waals surface area contributed by atoms with Gasteiger partial charge in [0.05, 0.1) is 5.56 Å². The maximum absolute atomic E-state index is 13.8. The van der Waals surface area contributed by atoms with Crippen LogP contribution in [0.5, 0.6) is 0 Å². The molecule has 0 saturated heterocycles. The highest BCUT2D eigenvalue weighted by Gasteiger charge is 2.41. The van der Waals surface area contributed by atoms with Gasteiger partial charge in [0.2, 0.25) is 11.8 Å². The van der Waals surface area contributed by atoms with Gasteiger partial charge < -0.3 is 10.2 Å². The fourth-order valence-corrected chi connectivity index (χ4v) is 6.15. The van der Waals surface area contributed by atoms with Gasteiger partial charge in [-0.3, -0.25) is 14.4 Å². The number of nitrogens with one attached hydrogen (secondary N) is 1. The van der Waals surface area contributed by atoms with Gasteiger partial charge in [0.1, 0.15) is 10.9 Å². The van der Waals surface area contributed by atoms with E-state index < -0.39 is 33.4 Å². The zero-order chi connectivity index (χ0) is 28.2. The van der Waals surface area contributed by atoms with Crippen LogP contribution in [0.4, 0.5) is 0 Å². The number of sulfonamides is 1. The Morgan fingerprint density at radius 3 is 2.03 bits per heavy atom. The molecule has 1 heterocycles. The minimum absolute atomic E-state index is 0.0601. The lowest BCUT2D eigenvalue weighted by Crippen LogP contribution is -2.54. The molecule has 3 amide bonds. The van der Waals surface area contributed by atoms with E-state index >= 15 is 0 Å². The molecule has 8 nitrogen and oxygen atoms in total. The van der Waals surface area contributed by atoms with Crippen LogP contribution in [0.25, 0.3) is 0 Å². The van der Waals surface area contributed by atoms with E-state index in [0.717, 1.165) is 15.4 Å². The molecule has 1 aliphatic rings. The molecule has 39 heavy (non-hydrogen) atoms. The Hall–Kier alpha value is -3.98. The summed E-state index contributed by atoms with van der Waals surface area (Å²) >= 11 is 0. The Labute approximate surface area is 229 Å². The molecule has 1 N–H and O–H groups in total. The van der Waals surface area contributed by atoms with Crippen molar-refractivity contribution in [1.29, 1.82) is 0 Å². The highest BCUT2D eigenvalue weighted by Crippen LogP contribution is 2.30. The van der Waals surface area contributed by atoms with Crippen molar-refractivity contribution >= 4 is 27.7 Å². The molecule has 204 valence electrons. The highest BCUT2D eigenvalue weighted by molar-refractivity contribution is 7.90. The number of amides is 3. The van der Waals surface area contributed by atoms with Crippen LogP contribution < -0.4 is 5.32 Å². The number of hydrogen-bond acceptors (Lipinski definition) is 5. The van der Waals surface area contributed by atoms with Crippen molar-refractivity contribution in [2.24, 2.45) is 0 Å². The van der Waals surface area contributed by atoms with Gasteiger partial charge >= 0.3 is 0 Å². The first-order valence-corrected chi connectivity index (χ1v) is 14.3. The molecule has 9 heteroatoms. The third-order valence-corrected chi connectivity index (χ3v) is 8.25. The molecular formula is C30H33N3O5S. The Kier molecular flexibility index (Phi) is 8.20. The van der Waals surface area contributed by atoms with E-state index in [-0.39, 0.29) is 42.3 Å². The smallest absolute Gasteiger partial charge is 0.269 e. The van der Waals surface area contributed by atoms with Crippen molar-refractivity contribution in [1.82, 2.24) is 14.5 Å². The molecule has 4 rings (SSSR count). The number of hydrogen-bond donors (Lipinski definition) is 1. The van der Waals surface area contributed by atoms with Gasteiger partial charge in [-0.05, 0) is 44.0 Å². The molecule has 3 aromatic rings. The van der Waals surface area contributed by atoms with E-state index in [4.69, 9.17) is 0 Å². The summed E-state index contributed by atoms with van der Waals surface area (Å²) in [5.41, 5.74) is 1.27. The fraction of sp³-hybridized carbons (Fsp3) is 0.300. The number of fused-ring (bicyclic) bond motifs is 1. The number of rotatable bonds is 9. The standard InChI is InChI=1S/C30H33N3O5S/c1-30(2,3)31-28(35)25(20-22-12-6-4-7-13-22)32(21-23-14-8-5-9-15-23)27(34)18-19-33-29(36)24-16-10-11-17-26(24)39(33,37)38/h4-17,25H,18-21H2,1-3H3,(H,31,35)/t25-/m1/s1. The maximum atomic E-state index is 13.8. The normalized spacial score (nSPS) is 14.9. The Bertz CT molecular complexity index is 1450. The quantitative estimate of drug-likeness (QED) is 0.439. The van der Waals surface area contributed by atoms with E-state index in [1.165, 1.54) is 17.0 Å². The average Bonchev–Trinajstić information content (AvgIpc) is 3.09. The molecule has 1 atom stereocenters. The summed E-state index contributed by atoms with van der Waals surface area (Å²) in [5.74, 6) is -1.39. The van der Waals surface area contributed by atoms with Crippen LogP contribution in [-0.2, 0) is 32.6 Å². The second-order valence-electron chi connectivity index (χ2n) is 10.6.